The lowest BCUT2D eigenvalue weighted by molar-refractivity contribution is 0.102. The number of benzene rings is 2. The van der Waals surface area contributed by atoms with E-state index in [0.717, 1.165) is 29.7 Å². The van der Waals surface area contributed by atoms with E-state index in [2.05, 4.69) is 24.3 Å². The van der Waals surface area contributed by atoms with Crippen LogP contribution in [0.3, 0.4) is 0 Å². The number of aromatic hydroxyl groups is 1. The van der Waals surface area contributed by atoms with Crippen LogP contribution in [-0.4, -0.2) is 20.8 Å². The monoisotopic (exact) mass is 431 g/mol. The lowest BCUT2D eigenvalue weighted by atomic mass is 10.0. The van der Waals surface area contributed by atoms with Gasteiger partial charge in [0.05, 0.1) is 11.1 Å². The lowest BCUT2D eigenvalue weighted by Crippen LogP contribution is -2.18. The third-order valence-corrected chi connectivity index (χ3v) is 5.44. The molecule has 1 amide bonds. The zero-order valence-corrected chi connectivity index (χ0v) is 18.3. The number of hydrogen-bond acceptors (Lipinski definition) is 5. The van der Waals surface area contributed by atoms with Crippen molar-refractivity contribution >= 4 is 22.6 Å². The van der Waals surface area contributed by atoms with E-state index < -0.39 is 11.5 Å². The first-order chi connectivity index (χ1) is 15.3. The average molecular weight is 431 g/mol. The van der Waals surface area contributed by atoms with Crippen molar-refractivity contribution in [1.82, 2.24) is 9.78 Å². The van der Waals surface area contributed by atoms with Gasteiger partial charge >= 0.3 is 5.63 Å². The largest absolute Gasteiger partial charge is 0.505 e. The number of carbonyl (C=O) groups excluding carboxylic acids is 1. The molecule has 0 radical (unpaired) electrons. The second-order valence-corrected chi connectivity index (χ2v) is 8.25. The minimum absolute atomic E-state index is 0.222. The number of carbonyl (C=O) groups is 1. The smallest absolute Gasteiger partial charge is 0.364 e. The van der Waals surface area contributed by atoms with Gasteiger partial charge < -0.3 is 14.8 Å². The quantitative estimate of drug-likeness (QED) is 0.430. The maximum absolute atomic E-state index is 12.8. The number of anilines is 1. The number of hydrogen-bond donors (Lipinski definition) is 2. The Labute approximate surface area is 185 Å². The second kappa shape index (κ2) is 8.70. The van der Waals surface area contributed by atoms with Gasteiger partial charge in [-0.2, -0.15) is 5.10 Å². The molecule has 32 heavy (non-hydrogen) atoms. The van der Waals surface area contributed by atoms with Crippen LogP contribution in [0.2, 0.25) is 0 Å². The molecule has 2 aromatic heterocycles. The van der Waals surface area contributed by atoms with E-state index in [-0.39, 0.29) is 17.0 Å². The highest BCUT2D eigenvalue weighted by atomic mass is 16.4. The SMILES string of the molecule is CC(C)CCc1cccc(C(=O)Nc2c(O)c3ccc(-c4ccnn4C)cc3oc2=O)c1. The summed E-state index contributed by atoms with van der Waals surface area (Å²) in [6.07, 6.45) is 3.55. The molecule has 2 aromatic carbocycles. The molecule has 0 saturated carbocycles. The number of rotatable bonds is 6. The highest BCUT2D eigenvalue weighted by molar-refractivity contribution is 6.06. The van der Waals surface area contributed by atoms with E-state index in [1.54, 1.807) is 41.2 Å². The molecule has 7 heteroatoms. The fourth-order valence-electron chi connectivity index (χ4n) is 3.62. The Bertz CT molecular complexity index is 1350. The maximum Gasteiger partial charge on any atom is 0.364 e. The van der Waals surface area contributed by atoms with E-state index in [0.29, 0.717) is 16.9 Å². The molecule has 0 unspecified atom stereocenters. The summed E-state index contributed by atoms with van der Waals surface area (Å²) in [6.45, 7) is 4.30. The van der Waals surface area contributed by atoms with E-state index in [1.165, 1.54) is 0 Å². The van der Waals surface area contributed by atoms with Crippen LogP contribution in [-0.2, 0) is 13.5 Å². The van der Waals surface area contributed by atoms with Gasteiger partial charge in [0.1, 0.15) is 5.58 Å². The van der Waals surface area contributed by atoms with Crippen LogP contribution in [0.4, 0.5) is 5.69 Å². The molecule has 0 saturated heterocycles. The first kappa shape index (κ1) is 21.4. The molecule has 0 spiro atoms. The first-order valence-corrected chi connectivity index (χ1v) is 10.5. The third kappa shape index (κ3) is 4.27. The van der Waals surface area contributed by atoms with Gasteiger partial charge in [0.25, 0.3) is 5.91 Å². The van der Waals surface area contributed by atoms with E-state index in [9.17, 15) is 14.7 Å². The molecule has 0 fully saturated rings. The van der Waals surface area contributed by atoms with Gasteiger partial charge in [-0.1, -0.05) is 32.0 Å². The fourth-order valence-corrected chi connectivity index (χ4v) is 3.62. The summed E-state index contributed by atoms with van der Waals surface area (Å²) < 4.78 is 7.12. The van der Waals surface area contributed by atoms with Gasteiger partial charge in [0.15, 0.2) is 11.4 Å². The zero-order valence-electron chi connectivity index (χ0n) is 18.3. The van der Waals surface area contributed by atoms with E-state index in [4.69, 9.17) is 4.42 Å². The van der Waals surface area contributed by atoms with Crippen molar-refractivity contribution in [2.75, 3.05) is 5.32 Å². The Kier molecular flexibility index (Phi) is 5.81. The van der Waals surface area contributed by atoms with Crippen LogP contribution >= 0.6 is 0 Å². The van der Waals surface area contributed by atoms with Crippen LogP contribution in [0.1, 0.15) is 36.2 Å². The van der Waals surface area contributed by atoms with Gasteiger partial charge in [0.2, 0.25) is 0 Å². The van der Waals surface area contributed by atoms with Crippen LogP contribution in [0.25, 0.3) is 22.2 Å². The average Bonchev–Trinajstić information content (AvgIpc) is 3.20. The number of nitrogens with zero attached hydrogens (tertiary/aromatic N) is 2. The molecule has 0 bridgehead atoms. The molecule has 7 nitrogen and oxygen atoms in total. The maximum atomic E-state index is 12.8. The third-order valence-electron chi connectivity index (χ3n) is 5.44. The van der Waals surface area contributed by atoms with Crippen molar-refractivity contribution in [1.29, 1.82) is 0 Å². The van der Waals surface area contributed by atoms with Gasteiger partial charge in [-0.15, -0.1) is 0 Å². The molecule has 0 aliphatic rings. The van der Waals surface area contributed by atoms with Crippen LogP contribution in [0, 0.1) is 5.92 Å². The minimum Gasteiger partial charge on any atom is -0.505 e. The van der Waals surface area contributed by atoms with Gasteiger partial charge in [0, 0.05) is 24.4 Å². The van der Waals surface area contributed by atoms with Crippen molar-refractivity contribution in [3.63, 3.8) is 0 Å². The molecule has 0 atom stereocenters. The molecular weight excluding hydrogens is 406 g/mol. The van der Waals surface area contributed by atoms with E-state index >= 15 is 0 Å². The van der Waals surface area contributed by atoms with Crippen molar-refractivity contribution in [3.8, 4) is 17.0 Å². The van der Waals surface area contributed by atoms with Crippen molar-refractivity contribution in [2.24, 2.45) is 13.0 Å². The minimum atomic E-state index is -0.818. The summed E-state index contributed by atoms with van der Waals surface area (Å²) >= 11 is 0. The van der Waals surface area contributed by atoms with Crippen molar-refractivity contribution in [2.45, 2.75) is 26.7 Å². The summed E-state index contributed by atoms with van der Waals surface area (Å²) in [6, 6.07) is 14.2. The fraction of sp³-hybridized carbons (Fsp3) is 0.240. The molecule has 4 rings (SSSR count). The Hall–Kier alpha value is -3.87. The second-order valence-electron chi connectivity index (χ2n) is 8.25. The van der Waals surface area contributed by atoms with Crippen LogP contribution in [0.15, 0.2) is 63.9 Å². The number of aryl methyl sites for hydroxylation is 2. The molecule has 164 valence electrons. The van der Waals surface area contributed by atoms with Crippen LogP contribution < -0.4 is 10.9 Å². The Morgan fingerprint density at radius 1 is 1.19 bits per heavy atom. The Morgan fingerprint density at radius 3 is 2.72 bits per heavy atom. The van der Waals surface area contributed by atoms with Crippen LogP contribution in [0.5, 0.6) is 5.75 Å². The zero-order chi connectivity index (χ0) is 22.8. The summed E-state index contributed by atoms with van der Waals surface area (Å²) in [7, 11) is 1.81. The summed E-state index contributed by atoms with van der Waals surface area (Å²) in [5.74, 6) is -0.243. The molecule has 2 N–H and O–H groups in total. The van der Waals surface area contributed by atoms with Gasteiger partial charge in [-0.3, -0.25) is 9.48 Å². The molecule has 0 aliphatic heterocycles. The van der Waals surface area contributed by atoms with Gasteiger partial charge in [-0.05, 0) is 54.7 Å². The molecule has 4 aromatic rings. The van der Waals surface area contributed by atoms with E-state index in [1.807, 2.05) is 25.2 Å². The Balaban J connectivity index is 1.63. The summed E-state index contributed by atoms with van der Waals surface area (Å²) in [5, 5.41) is 17.7. The predicted octanol–water partition coefficient (Wildman–Crippen LogP) is 4.74. The first-order valence-electron chi connectivity index (χ1n) is 10.5. The number of fused-ring (bicyclic) bond motifs is 1. The summed E-state index contributed by atoms with van der Waals surface area (Å²) in [5.41, 5.74) is 2.21. The highest BCUT2D eigenvalue weighted by Gasteiger charge is 2.18. The Morgan fingerprint density at radius 2 is 2.00 bits per heavy atom. The van der Waals surface area contributed by atoms with Gasteiger partial charge in [-0.25, -0.2) is 4.79 Å². The number of nitrogens with one attached hydrogen (secondary N) is 1. The van der Waals surface area contributed by atoms with Crippen molar-refractivity contribution in [3.05, 3.63) is 76.3 Å². The molecule has 2 heterocycles. The normalized spacial score (nSPS) is 11.2. The number of amides is 1. The van der Waals surface area contributed by atoms with Crippen molar-refractivity contribution < 1.29 is 14.3 Å². The number of aromatic nitrogens is 2. The predicted molar refractivity (Wildman–Crippen MR) is 124 cm³/mol. The lowest BCUT2D eigenvalue weighted by Gasteiger charge is -2.10. The molecular formula is C25H25N3O4. The standard InChI is InChI=1S/C25H25N3O4/c1-15(2)7-8-16-5-4-6-18(13-16)24(30)27-22-23(29)19-10-9-17(14-21(19)32-25(22)31)20-11-12-26-28(20)3/h4-6,9-15,29H,7-8H2,1-3H3,(H,27,30). The molecule has 0 aliphatic carbocycles. The summed E-state index contributed by atoms with van der Waals surface area (Å²) in [4.78, 5) is 25.4. The topological polar surface area (TPSA) is 97.4 Å². The highest BCUT2D eigenvalue weighted by Crippen LogP contribution is 2.32.